The minimum Gasteiger partial charge on any atom is -0.460 e. The lowest BCUT2D eigenvalue weighted by Crippen LogP contribution is -2.38. The Hall–Kier alpha value is -0.570. The molecule has 0 aromatic heterocycles. The molecule has 0 aliphatic heterocycles. The monoisotopic (exact) mass is 211 g/mol. The second kappa shape index (κ2) is 3.48. The van der Waals surface area contributed by atoms with Crippen LogP contribution < -0.4 is 5.73 Å². The second-order valence-corrected chi connectivity index (χ2v) is 6.03. The van der Waals surface area contributed by atoms with Gasteiger partial charge in [-0.2, -0.15) is 0 Å². The Balaban J connectivity index is 1.76. The third kappa shape index (κ3) is 2.51. The highest BCUT2D eigenvalue weighted by molar-refractivity contribution is 5.76. The molecule has 2 saturated carbocycles. The van der Waals surface area contributed by atoms with Crippen molar-refractivity contribution in [3.8, 4) is 0 Å². The Labute approximate surface area is 91.4 Å². The summed E-state index contributed by atoms with van der Waals surface area (Å²) in [6.45, 7) is 5.75. The number of ether oxygens (including phenoxy) is 1. The van der Waals surface area contributed by atoms with Crippen molar-refractivity contribution in [3.05, 3.63) is 0 Å². The number of hydrogen-bond donors (Lipinski definition) is 1. The highest BCUT2D eigenvalue weighted by atomic mass is 16.6. The van der Waals surface area contributed by atoms with Crippen molar-refractivity contribution < 1.29 is 9.53 Å². The largest absolute Gasteiger partial charge is 0.460 e. The van der Waals surface area contributed by atoms with Gasteiger partial charge in [0.15, 0.2) is 0 Å². The predicted molar refractivity (Wildman–Crippen MR) is 58.1 cm³/mol. The third-order valence-corrected chi connectivity index (χ3v) is 3.37. The summed E-state index contributed by atoms with van der Waals surface area (Å²) in [7, 11) is 0. The maximum atomic E-state index is 11.7. The van der Waals surface area contributed by atoms with Gasteiger partial charge < -0.3 is 10.5 Å². The zero-order valence-corrected chi connectivity index (χ0v) is 9.82. The summed E-state index contributed by atoms with van der Waals surface area (Å²) in [5.41, 5.74) is 5.39. The molecule has 0 bridgehead atoms. The van der Waals surface area contributed by atoms with Crippen LogP contribution in [0.3, 0.4) is 0 Å². The molecule has 0 amide bonds. The first-order valence-electron chi connectivity index (χ1n) is 5.85. The van der Waals surface area contributed by atoms with Crippen molar-refractivity contribution in [2.45, 2.75) is 51.7 Å². The van der Waals surface area contributed by atoms with Crippen molar-refractivity contribution in [1.82, 2.24) is 0 Å². The van der Waals surface area contributed by atoms with E-state index in [2.05, 4.69) is 0 Å². The first-order chi connectivity index (χ1) is 6.87. The molecule has 3 nitrogen and oxygen atoms in total. The van der Waals surface area contributed by atoms with Gasteiger partial charge in [-0.05, 0) is 51.9 Å². The number of nitrogens with two attached hydrogens (primary N) is 1. The van der Waals surface area contributed by atoms with Crippen LogP contribution in [0.25, 0.3) is 0 Å². The van der Waals surface area contributed by atoms with Crippen LogP contribution in [0.1, 0.15) is 40.0 Å². The van der Waals surface area contributed by atoms with Crippen molar-refractivity contribution >= 4 is 5.97 Å². The zero-order valence-electron chi connectivity index (χ0n) is 9.82. The van der Waals surface area contributed by atoms with Gasteiger partial charge in [0.05, 0.1) is 5.92 Å². The molecule has 2 N–H and O–H groups in total. The van der Waals surface area contributed by atoms with Crippen LogP contribution in [-0.2, 0) is 9.53 Å². The molecule has 2 unspecified atom stereocenters. The summed E-state index contributed by atoms with van der Waals surface area (Å²) in [5, 5.41) is 0. The number of rotatable bonds is 2. The van der Waals surface area contributed by atoms with Crippen LogP contribution in [0, 0.1) is 17.8 Å². The normalized spacial score (nSPS) is 39.5. The molecular weight excluding hydrogens is 190 g/mol. The fourth-order valence-corrected chi connectivity index (χ4v) is 2.44. The molecule has 2 rings (SSSR count). The first kappa shape index (κ1) is 10.9. The van der Waals surface area contributed by atoms with Crippen LogP contribution in [0.4, 0.5) is 0 Å². The summed E-state index contributed by atoms with van der Waals surface area (Å²) in [4.78, 5) is 11.7. The van der Waals surface area contributed by atoms with E-state index in [1.54, 1.807) is 0 Å². The van der Waals surface area contributed by atoms with Gasteiger partial charge in [-0.25, -0.2) is 0 Å². The van der Waals surface area contributed by atoms with E-state index in [0.29, 0.717) is 17.9 Å². The van der Waals surface area contributed by atoms with Crippen molar-refractivity contribution in [3.63, 3.8) is 0 Å². The Morgan fingerprint density at radius 1 is 1.27 bits per heavy atom. The molecule has 0 saturated heterocycles. The fourth-order valence-electron chi connectivity index (χ4n) is 2.44. The second-order valence-electron chi connectivity index (χ2n) is 6.03. The lowest BCUT2D eigenvalue weighted by Gasteiger charge is -2.32. The molecule has 0 aromatic rings. The minimum absolute atomic E-state index is 0.00651. The van der Waals surface area contributed by atoms with Gasteiger partial charge in [-0.15, -0.1) is 0 Å². The van der Waals surface area contributed by atoms with Gasteiger partial charge in [0, 0.05) is 6.04 Å². The van der Waals surface area contributed by atoms with Crippen molar-refractivity contribution in [1.29, 1.82) is 0 Å². The zero-order chi connectivity index (χ0) is 11.2. The molecule has 0 radical (unpaired) electrons. The quantitative estimate of drug-likeness (QED) is 0.707. The van der Waals surface area contributed by atoms with E-state index in [9.17, 15) is 4.79 Å². The number of esters is 1. The van der Waals surface area contributed by atoms with E-state index >= 15 is 0 Å². The predicted octanol–water partition coefficient (Wildman–Crippen LogP) is 1.70. The summed E-state index contributed by atoms with van der Waals surface area (Å²) in [6, 6.07) is 0.384. The van der Waals surface area contributed by atoms with Gasteiger partial charge >= 0.3 is 5.97 Å². The van der Waals surface area contributed by atoms with Crippen LogP contribution in [-0.4, -0.2) is 17.6 Å². The van der Waals surface area contributed by atoms with Crippen molar-refractivity contribution in [2.24, 2.45) is 23.5 Å². The van der Waals surface area contributed by atoms with Crippen LogP contribution in [0.5, 0.6) is 0 Å². The lowest BCUT2D eigenvalue weighted by atomic mass is 9.77. The van der Waals surface area contributed by atoms with Crippen molar-refractivity contribution in [2.75, 3.05) is 0 Å². The number of carbonyl (C=O) groups excluding carboxylic acids is 1. The maximum absolute atomic E-state index is 11.7. The topological polar surface area (TPSA) is 52.3 Å². The molecule has 2 fully saturated rings. The van der Waals surface area contributed by atoms with Gasteiger partial charge in [-0.1, -0.05) is 0 Å². The molecule has 2 atom stereocenters. The molecule has 0 aromatic carbocycles. The summed E-state index contributed by atoms with van der Waals surface area (Å²) in [6.07, 6.45) is 3.22. The molecule has 15 heavy (non-hydrogen) atoms. The van der Waals surface area contributed by atoms with E-state index in [1.807, 2.05) is 20.8 Å². The highest BCUT2D eigenvalue weighted by Crippen LogP contribution is 2.52. The number of hydrogen-bond acceptors (Lipinski definition) is 3. The lowest BCUT2D eigenvalue weighted by molar-refractivity contribution is -0.157. The maximum Gasteiger partial charge on any atom is 0.309 e. The average molecular weight is 211 g/mol. The molecule has 2 aliphatic rings. The Bertz CT molecular complexity index is 263. The Morgan fingerprint density at radius 3 is 2.33 bits per heavy atom. The van der Waals surface area contributed by atoms with Gasteiger partial charge in [0.1, 0.15) is 5.60 Å². The average Bonchev–Trinajstić information content (AvgIpc) is 2.73. The first-order valence-corrected chi connectivity index (χ1v) is 5.85. The number of carbonyl (C=O) groups is 1. The summed E-state index contributed by atoms with van der Waals surface area (Å²) in [5.74, 6) is 1.42. The van der Waals surface area contributed by atoms with E-state index in [-0.39, 0.29) is 17.5 Å². The molecular formula is C12H21NO2. The third-order valence-electron chi connectivity index (χ3n) is 3.37. The van der Waals surface area contributed by atoms with Crippen LogP contribution >= 0.6 is 0 Å². The van der Waals surface area contributed by atoms with E-state index < -0.39 is 0 Å². The molecule has 3 heteroatoms. The summed E-state index contributed by atoms with van der Waals surface area (Å²) >= 11 is 0. The van der Waals surface area contributed by atoms with Crippen LogP contribution in [0.2, 0.25) is 0 Å². The van der Waals surface area contributed by atoms with Crippen LogP contribution in [0.15, 0.2) is 0 Å². The molecule has 0 spiro atoms. The Kier molecular flexibility index (Phi) is 2.53. The van der Waals surface area contributed by atoms with E-state index in [1.165, 1.54) is 0 Å². The Morgan fingerprint density at radius 2 is 1.87 bits per heavy atom. The molecule has 2 aliphatic carbocycles. The smallest absolute Gasteiger partial charge is 0.309 e. The van der Waals surface area contributed by atoms with Gasteiger partial charge in [0.2, 0.25) is 0 Å². The van der Waals surface area contributed by atoms with E-state index in [0.717, 1.165) is 19.3 Å². The SMILES string of the molecule is CC(C)(C)OC(=O)C1CC1C1CC(N)C1. The van der Waals surface area contributed by atoms with Gasteiger partial charge in [-0.3, -0.25) is 4.79 Å². The summed E-state index contributed by atoms with van der Waals surface area (Å²) < 4.78 is 5.37. The molecule has 0 heterocycles. The standard InChI is InChI=1S/C12H21NO2/c1-12(2,3)15-11(14)10-6-9(10)7-4-8(13)5-7/h7-10H,4-6,13H2,1-3H3. The van der Waals surface area contributed by atoms with E-state index in [4.69, 9.17) is 10.5 Å². The van der Waals surface area contributed by atoms with Gasteiger partial charge in [0.25, 0.3) is 0 Å². The highest BCUT2D eigenvalue weighted by Gasteiger charge is 2.52. The molecule has 86 valence electrons. The minimum atomic E-state index is -0.347. The fraction of sp³-hybridized carbons (Fsp3) is 0.917.